The van der Waals surface area contributed by atoms with Crippen molar-refractivity contribution in [2.75, 3.05) is 0 Å². The highest BCUT2D eigenvalue weighted by molar-refractivity contribution is 5.88. The maximum Gasteiger partial charge on any atom is 0.340 e. The predicted octanol–water partition coefficient (Wildman–Crippen LogP) is 3.55. The number of hydrogen-bond donors (Lipinski definition) is 0. The van der Waals surface area contributed by atoms with E-state index in [0.717, 1.165) is 24.8 Å². The zero-order valence-corrected chi connectivity index (χ0v) is 10.8. The number of alkyl halides is 2. The summed E-state index contributed by atoms with van der Waals surface area (Å²) in [7, 11) is 0. The Morgan fingerprint density at radius 2 is 1.90 bits per heavy atom. The van der Waals surface area contributed by atoms with Gasteiger partial charge in [0.25, 0.3) is 5.92 Å². The first-order valence-corrected chi connectivity index (χ1v) is 6.02. The molecule has 0 unspecified atom stereocenters. The van der Waals surface area contributed by atoms with E-state index in [-0.39, 0.29) is 17.9 Å². The minimum Gasteiger partial charge on any atom is -0.457 e. The van der Waals surface area contributed by atoms with Crippen molar-refractivity contribution in [1.82, 2.24) is 4.98 Å². The minimum atomic E-state index is -3.02. The maximum atomic E-state index is 13.0. The molecule has 0 fully saturated rings. The van der Waals surface area contributed by atoms with Crippen LogP contribution in [0, 0.1) is 0 Å². The molecule has 1 aromatic carbocycles. The van der Waals surface area contributed by atoms with Gasteiger partial charge in [0.15, 0.2) is 0 Å². The average molecular weight is 277 g/mol. The Balaban J connectivity index is 1.99. The van der Waals surface area contributed by atoms with E-state index in [1.807, 2.05) is 30.3 Å². The molecule has 0 bridgehead atoms. The summed E-state index contributed by atoms with van der Waals surface area (Å²) in [6.07, 6.45) is 1.10. The molecule has 0 N–H and O–H groups in total. The van der Waals surface area contributed by atoms with Crippen LogP contribution in [-0.2, 0) is 17.3 Å². The number of ether oxygens (including phenoxy) is 1. The fraction of sp³-hybridized carbons (Fsp3) is 0.200. The highest BCUT2D eigenvalue weighted by Crippen LogP contribution is 2.24. The molecule has 1 heterocycles. The molecular weight excluding hydrogens is 264 g/mol. The van der Waals surface area contributed by atoms with Gasteiger partial charge in [0, 0.05) is 13.1 Å². The number of esters is 1. The summed E-state index contributed by atoms with van der Waals surface area (Å²) >= 11 is 0. The van der Waals surface area contributed by atoms with Crippen LogP contribution in [0.5, 0.6) is 0 Å². The van der Waals surface area contributed by atoms with E-state index in [9.17, 15) is 13.6 Å². The first kappa shape index (κ1) is 14.1. The Labute approximate surface area is 115 Å². The molecule has 20 heavy (non-hydrogen) atoms. The smallest absolute Gasteiger partial charge is 0.340 e. The van der Waals surface area contributed by atoms with Crippen LogP contribution in [0.25, 0.3) is 0 Å². The van der Waals surface area contributed by atoms with Crippen LogP contribution in [0.1, 0.15) is 28.5 Å². The van der Waals surface area contributed by atoms with Crippen LogP contribution in [0.4, 0.5) is 8.78 Å². The molecule has 0 aliphatic rings. The summed E-state index contributed by atoms with van der Waals surface area (Å²) in [5.74, 6) is -3.61. The summed E-state index contributed by atoms with van der Waals surface area (Å²) < 4.78 is 31.0. The highest BCUT2D eigenvalue weighted by atomic mass is 19.3. The topological polar surface area (TPSA) is 39.2 Å². The Morgan fingerprint density at radius 1 is 1.20 bits per heavy atom. The normalized spacial score (nSPS) is 11.2. The lowest BCUT2D eigenvalue weighted by atomic mass is 10.2. The van der Waals surface area contributed by atoms with Crippen LogP contribution < -0.4 is 0 Å². The summed E-state index contributed by atoms with van der Waals surface area (Å²) in [4.78, 5) is 15.3. The fourth-order valence-corrected chi connectivity index (χ4v) is 1.58. The van der Waals surface area contributed by atoms with Gasteiger partial charge in [-0.3, -0.25) is 4.98 Å². The summed E-state index contributed by atoms with van der Waals surface area (Å²) in [5.41, 5.74) is 0.622. The van der Waals surface area contributed by atoms with Crippen molar-refractivity contribution in [3.8, 4) is 0 Å². The predicted molar refractivity (Wildman–Crippen MR) is 69.4 cm³/mol. The third-order valence-electron chi connectivity index (χ3n) is 2.66. The molecule has 1 aromatic heterocycles. The third-order valence-corrected chi connectivity index (χ3v) is 2.66. The SMILES string of the molecule is CC(F)(F)c1ccc(C(=O)OCc2ccccc2)cn1. The highest BCUT2D eigenvalue weighted by Gasteiger charge is 2.26. The van der Waals surface area contributed by atoms with Gasteiger partial charge < -0.3 is 4.74 Å². The minimum absolute atomic E-state index is 0.130. The number of benzene rings is 1. The Kier molecular flexibility index (Phi) is 4.08. The molecular formula is C15H13F2NO2. The van der Waals surface area contributed by atoms with Gasteiger partial charge in [0.2, 0.25) is 0 Å². The number of rotatable bonds is 4. The molecule has 2 rings (SSSR count). The molecule has 3 nitrogen and oxygen atoms in total. The Hall–Kier alpha value is -2.30. The number of carbonyl (C=O) groups is 1. The van der Waals surface area contributed by atoms with Gasteiger partial charge in [0.05, 0.1) is 5.56 Å². The van der Waals surface area contributed by atoms with Crippen molar-refractivity contribution in [1.29, 1.82) is 0 Å². The number of aromatic nitrogens is 1. The molecule has 0 saturated heterocycles. The van der Waals surface area contributed by atoms with Crippen LogP contribution >= 0.6 is 0 Å². The molecule has 0 atom stereocenters. The van der Waals surface area contributed by atoms with Crippen molar-refractivity contribution in [2.24, 2.45) is 0 Å². The van der Waals surface area contributed by atoms with Crippen molar-refractivity contribution >= 4 is 5.97 Å². The molecule has 5 heteroatoms. The zero-order chi connectivity index (χ0) is 14.6. The van der Waals surface area contributed by atoms with Crippen LogP contribution in [0.3, 0.4) is 0 Å². The summed E-state index contributed by atoms with van der Waals surface area (Å²) in [6.45, 7) is 0.883. The number of carbonyl (C=O) groups excluding carboxylic acids is 1. The first-order valence-electron chi connectivity index (χ1n) is 6.02. The lowest BCUT2D eigenvalue weighted by Gasteiger charge is -2.09. The van der Waals surface area contributed by atoms with E-state index in [2.05, 4.69) is 4.98 Å². The van der Waals surface area contributed by atoms with Gasteiger partial charge in [-0.1, -0.05) is 30.3 Å². The Bertz CT molecular complexity index is 577. The molecule has 0 aliphatic heterocycles. The molecule has 104 valence electrons. The van der Waals surface area contributed by atoms with Crippen LogP contribution in [0.15, 0.2) is 48.7 Å². The second-order valence-corrected chi connectivity index (χ2v) is 4.38. The van der Waals surface area contributed by atoms with Crippen LogP contribution in [0.2, 0.25) is 0 Å². The fourth-order valence-electron chi connectivity index (χ4n) is 1.58. The number of pyridine rings is 1. The van der Waals surface area contributed by atoms with Crippen molar-refractivity contribution in [3.05, 3.63) is 65.5 Å². The quantitative estimate of drug-likeness (QED) is 0.802. The zero-order valence-electron chi connectivity index (χ0n) is 10.8. The molecule has 2 aromatic rings. The van der Waals surface area contributed by atoms with Gasteiger partial charge >= 0.3 is 5.97 Å². The van der Waals surface area contributed by atoms with Crippen LogP contribution in [-0.4, -0.2) is 11.0 Å². The van der Waals surface area contributed by atoms with E-state index < -0.39 is 11.9 Å². The summed E-state index contributed by atoms with van der Waals surface area (Å²) in [6, 6.07) is 11.6. The largest absolute Gasteiger partial charge is 0.457 e. The first-order chi connectivity index (χ1) is 9.47. The van der Waals surface area contributed by atoms with Crippen molar-refractivity contribution in [2.45, 2.75) is 19.5 Å². The number of hydrogen-bond acceptors (Lipinski definition) is 3. The lowest BCUT2D eigenvalue weighted by molar-refractivity contribution is 0.0126. The maximum absolute atomic E-state index is 13.0. The second-order valence-electron chi connectivity index (χ2n) is 4.38. The van der Waals surface area contributed by atoms with E-state index in [1.54, 1.807) is 0 Å². The van der Waals surface area contributed by atoms with Gasteiger partial charge in [-0.15, -0.1) is 0 Å². The van der Waals surface area contributed by atoms with Crippen molar-refractivity contribution < 1.29 is 18.3 Å². The second kappa shape index (κ2) is 5.77. The van der Waals surface area contributed by atoms with Gasteiger partial charge in [0.1, 0.15) is 12.3 Å². The van der Waals surface area contributed by atoms with Gasteiger partial charge in [-0.25, -0.2) is 4.79 Å². The summed E-state index contributed by atoms with van der Waals surface area (Å²) in [5, 5.41) is 0. The number of halogens is 2. The monoisotopic (exact) mass is 277 g/mol. The van der Waals surface area contributed by atoms with Crippen molar-refractivity contribution in [3.63, 3.8) is 0 Å². The molecule has 0 aliphatic carbocycles. The Morgan fingerprint density at radius 3 is 2.45 bits per heavy atom. The third kappa shape index (κ3) is 3.60. The van der Waals surface area contributed by atoms with E-state index in [0.29, 0.717) is 0 Å². The number of nitrogens with zero attached hydrogens (tertiary/aromatic N) is 1. The van der Waals surface area contributed by atoms with Gasteiger partial charge in [-0.05, 0) is 17.7 Å². The molecule has 0 spiro atoms. The van der Waals surface area contributed by atoms with E-state index >= 15 is 0 Å². The van der Waals surface area contributed by atoms with Gasteiger partial charge in [-0.2, -0.15) is 8.78 Å². The average Bonchev–Trinajstić information content (AvgIpc) is 2.45. The molecule has 0 amide bonds. The molecule has 0 radical (unpaired) electrons. The molecule has 0 saturated carbocycles. The lowest BCUT2D eigenvalue weighted by Crippen LogP contribution is -2.11. The van der Waals surface area contributed by atoms with E-state index in [4.69, 9.17) is 4.74 Å². The standard InChI is InChI=1S/C15H13F2NO2/c1-15(16,17)13-8-7-12(9-18-13)14(19)20-10-11-5-3-2-4-6-11/h2-9H,10H2,1H3. The van der Waals surface area contributed by atoms with E-state index in [1.165, 1.54) is 6.07 Å².